The number of hydrogen-bond donors (Lipinski definition) is 2. The number of rotatable bonds is 7. The predicted octanol–water partition coefficient (Wildman–Crippen LogP) is 3.68. The summed E-state index contributed by atoms with van der Waals surface area (Å²) in [6.07, 6.45) is 9.52. The van der Waals surface area contributed by atoms with Gasteiger partial charge >= 0.3 is 0 Å². The van der Waals surface area contributed by atoms with Crippen LogP contribution in [-0.2, 0) is 13.0 Å². The van der Waals surface area contributed by atoms with Crippen LogP contribution < -0.4 is 14.8 Å². The third-order valence-corrected chi connectivity index (χ3v) is 9.18. The van der Waals surface area contributed by atoms with Crippen LogP contribution in [0, 0.1) is 23.2 Å². The minimum atomic E-state index is -0.358. The fourth-order valence-corrected chi connectivity index (χ4v) is 7.83. The minimum absolute atomic E-state index is 0.0630. The topological polar surface area (TPSA) is 96.8 Å². The maximum Gasteiger partial charge on any atom is 0.254 e. The van der Waals surface area contributed by atoms with Crippen molar-refractivity contribution in [3.8, 4) is 11.5 Å². The summed E-state index contributed by atoms with van der Waals surface area (Å²) in [4.78, 5) is 24.0. The number of aliphatic hydroxyl groups is 1. The number of nitrogens with one attached hydrogen (secondary N) is 1. The Hall–Kier alpha value is -2.87. The SMILES string of the molecule is COc1ccc(C(=O)N2CCc3c(ncnc3NCC(O)C34CC5CC(CC(C5)C3)C4)C2)cc1OC. The molecule has 1 atom stereocenters. The van der Waals surface area contributed by atoms with E-state index in [1.54, 1.807) is 38.7 Å². The molecule has 1 aromatic heterocycles. The minimum Gasteiger partial charge on any atom is -0.493 e. The molecule has 2 N–H and O–H groups in total. The van der Waals surface area contributed by atoms with E-state index in [9.17, 15) is 9.90 Å². The van der Waals surface area contributed by atoms with Crippen molar-refractivity contribution in [2.45, 2.75) is 57.6 Å². The monoisotopic (exact) mass is 492 g/mol. The summed E-state index contributed by atoms with van der Waals surface area (Å²) in [7, 11) is 3.14. The highest BCUT2D eigenvalue weighted by Gasteiger charge is 2.53. The van der Waals surface area contributed by atoms with Crippen molar-refractivity contribution >= 4 is 11.7 Å². The number of fused-ring (bicyclic) bond motifs is 1. The first kappa shape index (κ1) is 23.5. The molecule has 1 unspecified atom stereocenters. The summed E-state index contributed by atoms with van der Waals surface area (Å²) in [5, 5.41) is 14.8. The highest BCUT2D eigenvalue weighted by molar-refractivity contribution is 5.95. The second kappa shape index (κ2) is 9.21. The van der Waals surface area contributed by atoms with E-state index in [0.29, 0.717) is 43.1 Å². The van der Waals surface area contributed by atoms with Crippen LogP contribution in [-0.4, -0.2) is 59.3 Å². The third kappa shape index (κ3) is 4.09. The molecule has 8 heteroatoms. The van der Waals surface area contributed by atoms with Crippen molar-refractivity contribution in [1.29, 1.82) is 0 Å². The van der Waals surface area contributed by atoms with E-state index < -0.39 is 0 Å². The van der Waals surface area contributed by atoms with E-state index in [1.807, 2.05) is 4.90 Å². The van der Waals surface area contributed by atoms with Gasteiger partial charge < -0.3 is 24.8 Å². The molecule has 4 aliphatic carbocycles. The fourth-order valence-electron chi connectivity index (χ4n) is 7.83. The molecular formula is C28H36N4O4. The van der Waals surface area contributed by atoms with Crippen LogP contribution in [0.1, 0.15) is 60.1 Å². The molecule has 4 fully saturated rings. The number of methoxy groups -OCH3 is 2. The second-order valence-corrected chi connectivity index (χ2v) is 11.4. The van der Waals surface area contributed by atoms with Gasteiger partial charge in [0.2, 0.25) is 0 Å². The lowest BCUT2D eigenvalue weighted by atomic mass is 9.48. The van der Waals surface area contributed by atoms with Gasteiger partial charge in [0, 0.05) is 24.2 Å². The van der Waals surface area contributed by atoms with Gasteiger partial charge in [-0.25, -0.2) is 9.97 Å². The zero-order chi connectivity index (χ0) is 24.9. The Morgan fingerprint density at radius 3 is 2.47 bits per heavy atom. The van der Waals surface area contributed by atoms with E-state index in [1.165, 1.54) is 38.5 Å². The Bertz CT molecular complexity index is 1120. The molecule has 2 heterocycles. The molecule has 7 rings (SSSR count). The number of hydrogen-bond acceptors (Lipinski definition) is 7. The summed E-state index contributed by atoms with van der Waals surface area (Å²) < 4.78 is 10.7. The van der Waals surface area contributed by atoms with Gasteiger partial charge in [-0.05, 0) is 86.3 Å². The number of ether oxygens (including phenoxy) is 2. The third-order valence-electron chi connectivity index (χ3n) is 9.18. The average Bonchev–Trinajstić information content (AvgIpc) is 2.89. The molecule has 8 nitrogen and oxygen atoms in total. The zero-order valence-corrected chi connectivity index (χ0v) is 21.2. The molecule has 0 saturated heterocycles. The maximum atomic E-state index is 13.2. The number of anilines is 1. The summed E-state index contributed by atoms with van der Waals surface area (Å²) in [5.41, 5.74) is 2.54. The Labute approximate surface area is 212 Å². The Morgan fingerprint density at radius 1 is 1.11 bits per heavy atom. The Kier molecular flexibility index (Phi) is 6.02. The van der Waals surface area contributed by atoms with Crippen LogP contribution in [0.3, 0.4) is 0 Å². The van der Waals surface area contributed by atoms with E-state index in [4.69, 9.17) is 9.47 Å². The highest BCUT2D eigenvalue weighted by atomic mass is 16.5. The molecule has 1 amide bonds. The van der Waals surface area contributed by atoms with Gasteiger partial charge in [-0.1, -0.05) is 0 Å². The number of amides is 1. The molecule has 1 aromatic carbocycles. The lowest BCUT2D eigenvalue weighted by Gasteiger charge is -2.58. The number of nitrogens with zero attached hydrogens (tertiary/aromatic N) is 3. The van der Waals surface area contributed by atoms with Crippen molar-refractivity contribution in [2.24, 2.45) is 23.2 Å². The fraction of sp³-hybridized carbons (Fsp3) is 0.607. The molecule has 4 bridgehead atoms. The van der Waals surface area contributed by atoms with Gasteiger partial charge in [-0.15, -0.1) is 0 Å². The lowest BCUT2D eigenvalue weighted by Crippen LogP contribution is -2.53. The number of aliphatic hydroxyl groups excluding tert-OH is 1. The first-order valence-corrected chi connectivity index (χ1v) is 13.2. The van der Waals surface area contributed by atoms with Gasteiger partial charge in [0.05, 0.1) is 32.6 Å². The average molecular weight is 493 g/mol. The van der Waals surface area contributed by atoms with E-state index in [0.717, 1.165) is 34.8 Å². The molecule has 0 spiro atoms. The first-order chi connectivity index (χ1) is 17.5. The van der Waals surface area contributed by atoms with Crippen LogP contribution in [0.2, 0.25) is 0 Å². The van der Waals surface area contributed by atoms with Crippen molar-refractivity contribution in [2.75, 3.05) is 32.6 Å². The number of benzene rings is 1. The standard InChI is InChI=1S/C28H36N4O4/c1-35-23-4-3-20(10-24(23)36-2)27(34)32-6-5-21-22(15-32)30-16-31-26(21)29-14-25(33)28-11-17-7-18(12-28)9-19(8-17)13-28/h3-4,10,16-19,25,33H,5-9,11-15H2,1-2H3,(H,29,30,31). The summed E-state index contributed by atoms with van der Waals surface area (Å²) in [6.45, 7) is 1.53. The van der Waals surface area contributed by atoms with Gasteiger partial charge in [-0.3, -0.25) is 4.79 Å². The van der Waals surface area contributed by atoms with Crippen LogP contribution in [0.15, 0.2) is 24.5 Å². The molecule has 2 aromatic rings. The van der Waals surface area contributed by atoms with Crippen molar-refractivity contribution < 1.29 is 19.4 Å². The van der Waals surface area contributed by atoms with Gasteiger partial charge in [0.15, 0.2) is 11.5 Å². The van der Waals surface area contributed by atoms with Gasteiger partial charge in [0.25, 0.3) is 5.91 Å². The van der Waals surface area contributed by atoms with Crippen LogP contribution >= 0.6 is 0 Å². The van der Waals surface area contributed by atoms with Crippen molar-refractivity contribution in [3.63, 3.8) is 0 Å². The number of carbonyl (C=O) groups excluding carboxylic acids is 1. The highest BCUT2D eigenvalue weighted by Crippen LogP contribution is 2.61. The molecule has 192 valence electrons. The summed E-state index contributed by atoms with van der Waals surface area (Å²) in [6, 6.07) is 5.23. The van der Waals surface area contributed by atoms with E-state index >= 15 is 0 Å². The van der Waals surface area contributed by atoms with E-state index in [2.05, 4.69) is 15.3 Å². The molecule has 0 radical (unpaired) electrons. The smallest absolute Gasteiger partial charge is 0.254 e. The molecule has 5 aliphatic rings. The molecule has 36 heavy (non-hydrogen) atoms. The van der Waals surface area contributed by atoms with Crippen LogP contribution in [0.5, 0.6) is 11.5 Å². The zero-order valence-electron chi connectivity index (χ0n) is 21.2. The first-order valence-electron chi connectivity index (χ1n) is 13.2. The Morgan fingerprint density at radius 2 is 1.81 bits per heavy atom. The predicted molar refractivity (Wildman–Crippen MR) is 135 cm³/mol. The largest absolute Gasteiger partial charge is 0.493 e. The van der Waals surface area contributed by atoms with Gasteiger partial charge in [-0.2, -0.15) is 0 Å². The van der Waals surface area contributed by atoms with Crippen LogP contribution in [0.4, 0.5) is 5.82 Å². The summed E-state index contributed by atoms with van der Waals surface area (Å²) >= 11 is 0. The maximum absolute atomic E-state index is 13.2. The van der Waals surface area contributed by atoms with Crippen LogP contribution in [0.25, 0.3) is 0 Å². The second-order valence-electron chi connectivity index (χ2n) is 11.4. The van der Waals surface area contributed by atoms with Gasteiger partial charge in [0.1, 0.15) is 12.1 Å². The summed E-state index contributed by atoms with van der Waals surface area (Å²) in [5.74, 6) is 4.30. The number of aromatic nitrogens is 2. The van der Waals surface area contributed by atoms with Crippen molar-refractivity contribution in [1.82, 2.24) is 14.9 Å². The Balaban J connectivity index is 1.13. The number of carbonyl (C=O) groups is 1. The molecule has 1 aliphatic heterocycles. The molecular weight excluding hydrogens is 456 g/mol. The van der Waals surface area contributed by atoms with E-state index in [-0.39, 0.29) is 17.4 Å². The molecule has 4 saturated carbocycles. The van der Waals surface area contributed by atoms with Crippen molar-refractivity contribution in [3.05, 3.63) is 41.3 Å². The normalized spacial score (nSPS) is 29.0. The lowest BCUT2D eigenvalue weighted by molar-refractivity contribution is -0.115. The quantitative estimate of drug-likeness (QED) is 0.609.